The Balaban J connectivity index is 2.16. The molecule has 1 fully saturated rings. The zero-order chi connectivity index (χ0) is 15.7. The van der Waals surface area contributed by atoms with Crippen molar-refractivity contribution in [2.45, 2.75) is 23.7 Å². The van der Waals surface area contributed by atoms with Gasteiger partial charge in [-0.2, -0.15) is 4.31 Å². The average molecular weight is 324 g/mol. The molecule has 118 valence electrons. The van der Waals surface area contributed by atoms with Crippen molar-refractivity contribution < 1.29 is 26.3 Å². The van der Waals surface area contributed by atoms with Crippen LogP contribution >= 0.6 is 0 Å². The maximum absolute atomic E-state index is 12.4. The zero-order valence-corrected chi connectivity index (χ0v) is 12.0. The molecule has 1 aliphatic heterocycles. The Morgan fingerprint density at radius 3 is 2.38 bits per heavy atom. The summed E-state index contributed by atoms with van der Waals surface area (Å²) in [6.07, 6.45) is -4.10. The van der Waals surface area contributed by atoms with Crippen LogP contribution in [0.15, 0.2) is 29.2 Å². The Bertz CT molecular complexity index is 581. The van der Waals surface area contributed by atoms with E-state index in [1.807, 2.05) is 0 Å². The van der Waals surface area contributed by atoms with Crippen LogP contribution in [-0.2, 0) is 10.0 Å². The van der Waals surface area contributed by atoms with Crippen LogP contribution in [0.4, 0.5) is 13.2 Å². The maximum atomic E-state index is 12.4. The minimum absolute atomic E-state index is 0.0635. The SMILES string of the molecule is CN(C1CCNC1)S(=O)(=O)c1ccc(OC(F)(F)F)cc1. The molecule has 0 aliphatic carbocycles. The lowest BCUT2D eigenvalue weighted by atomic mass is 10.3. The third-order valence-corrected chi connectivity index (χ3v) is 5.21. The van der Waals surface area contributed by atoms with Gasteiger partial charge in [0.05, 0.1) is 4.90 Å². The second-order valence-corrected chi connectivity index (χ2v) is 6.68. The molecule has 2 rings (SSSR count). The van der Waals surface area contributed by atoms with Crippen molar-refractivity contribution in [2.75, 3.05) is 20.1 Å². The normalized spacial score (nSPS) is 20.0. The van der Waals surface area contributed by atoms with E-state index in [0.717, 1.165) is 30.8 Å². The summed E-state index contributed by atoms with van der Waals surface area (Å²) < 4.78 is 65.8. The van der Waals surface area contributed by atoms with Crippen molar-refractivity contribution >= 4 is 10.0 Å². The molecule has 5 nitrogen and oxygen atoms in total. The Kier molecular flexibility index (Phi) is 4.45. The van der Waals surface area contributed by atoms with Gasteiger partial charge in [-0.15, -0.1) is 13.2 Å². The van der Waals surface area contributed by atoms with E-state index in [0.29, 0.717) is 13.0 Å². The quantitative estimate of drug-likeness (QED) is 0.913. The zero-order valence-electron chi connectivity index (χ0n) is 11.2. The Morgan fingerprint density at radius 1 is 1.29 bits per heavy atom. The van der Waals surface area contributed by atoms with Gasteiger partial charge in [0, 0.05) is 19.6 Å². The van der Waals surface area contributed by atoms with Gasteiger partial charge in [-0.25, -0.2) is 8.42 Å². The second kappa shape index (κ2) is 5.82. The van der Waals surface area contributed by atoms with Gasteiger partial charge in [-0.05, 0) is 37.2 Å². The summed E-state index contributed by atoms with van der Waals surface area (Å²) in [4.78, 5) is -0.0635. The number of benzene rings is 1. The van der Waals surface area contributed by atoms with Gasteiger partial charge in [-0.1, -0.05) is 0 Å². The average Bonchev–Trinajstić information content (AvgIpc) is 2.90. The molecule has 0 bridgehead atoms. The van der Waals surface area contributed by atoms with Crippen LogP contribution < -0.4 is 10.1 Å². The van der Waals surface area contributed by atoms with Crippen LogP contribution in [0.3, 0.4) is 0 Å². The highest BCUT2D eigenvalue weighted by atomic mass is 32.2. The highest BCUT2D eigenvalue weighted by molar-refractivity contribution is 7.89. The van der Waals surface area contributed by atoms with Crippen LogP contribution in [0.2, 0.25) is 0 Å². The number of alkyl halides is 3. The molecule has 0 spiro atoms. The lowest BCUT2D eigenvalue weighted by Gasteiger charge is -2.23. The van der Waals surface area contributed by atoms with Gasteiger partial charge >= 0.3 is 6.36 Å². The van der Waals surface area contributed by atoms with Crippen LogP contribution in [-0.4, -0.2) is 45.3 Å². The summed E-state index contributed by atoms with van der Waals surface area (Å²) in [7, 11) is -2.26. The van der Waals surface area contributed by atoms with E-state index in [1.165, 1.54) is 11.4 Å². The van der Waals surface area contributed by atoms with Crippen LogP contribution in [0.1, 0.15) is 6.42 Å². The molecule has 1 saturated heterocycles. The fourth-order valence-corrected chi connectivity index (χ4v) is 3.51. The molecule has 1 unspecified atom stereocenters. The fraction of sp³-hybridized carbons (Fsp3) is 0.500. The van der Waals surface area contributed by atoms with Crippen molar-refractivity contribution in [3.05, 3.63) is 24.3 Å². The number of hydrogen-bond donors (Lipinski definition) is 1. The lowest BCUT2D eigenvalue weighted by molar-refractivity contribution is -0.274. The molecule has 1 aliphatic rings. The van der Waals surface area contributed by atoms with Gasteiger partial charge in [0.25, 0.3) is 0 Å². The topological polar surface area (TPSA) is 58.6 Å². The Hall–Kier alpha value is -1.32. The number of sulfonamides is 1. The van der Waals surface area contributed by atoms with E-state index in [9.17, 15) is 21.6 Å². The number of nitrogens with one attached hydrogen (secondary N) is 1. The van der Waals surface area contributed by atoms with E-state index in [2.05, 4.69) is 10.1 Å². The second-order valence-electron chi connectivity index (χ2n) is 4.69. The fourth-order valence-electron chi connectivity index (χ4n) is 2.13. The van der Waals surface area contributed by atoms with Crippen molar-refractivity contribution in [1.29, 1.82) is 0 Å². The molecule has 1 aromatic rings. The monoisotopic (exact) mass is 324 g/mol. The smallest absolute Gasteiger partial charge is 0.406 e. The largest absolute Gasteiger partial charge is 0.573 e. The first-order valence-electron chi connectivity index (χ1n) is 6.25. The summed E-state index contributed by atoms with van der Waals surface area (Å²) in [5.41, 5.74) is 0. The minimum Gasteiger partial charge on any atom is -0.406 e. The predicted molar refractivity (Wildman–Crippen MR) is 69.3 cm³/mol. The van der Waals surface area contributed by atoms with Gasteiger partial charge in [0.1, 0.15) is 5.75 Å². The molecule has 0 radical (unpaired) electrons. The third kappa shape index (κ3) is 3.86. The van der Waals surface area contributed by atoms with E-state index in [1.54, 1.807) is 0 Å². The van der Waals surface area contributed by atoms with E-state index in [-0.39, 0.29) is 10.9 Å². The van der Waals surface area contributed by atoms with Gasteiger partial charge < -0.3 is 10.1 Å². The number of nitrogens with zero attached hydrogens (tertiary/aromatic N) is 1. The van der Waals surface area contributed by atoms with Crippen LogP contribution in [0, 0.1) is 0 Å². The number of rotatable bonds is 4. The molecule has 0 aromatic heterocycles. The van der Waals surface area contributed by atoms with E-state index < -0.39 is 22.1 Å². The highest BCUT2D eigenvalue weighted by Crippen LogP contribution is 2.25. The van der Waals surface area contributed by atoms with Gasteiger partial charge in [0.2, 0.25) is 10.0 Å². The molecule has 1 atom stereocenters. The maximum Gasteiger partial charge on any atom is 0.573 e. The predicted octanol–water partition coefficient (Wildman–Crippen LogP) is 1.57. The Labute approximate surface area is 120 Å². The highest BCUT2D eigenvalue weighted by Gasteiger charge is 2.32. The first-order chi connectivity index (χ1) is 9.70. The first kappa shape index (κ1) is 16.1. The molecule has 21 heavy (non-hydrogen) atoms. The first-order valence-corrected chi connectivity index (χ1v) is 7.69. The molecule has 1 N–H and O–H groups in total. The molecule has 1 heterocycles. The number of ether oxygens (including phenoxy) is 1. The molecule has 9 heteroatoms. The van der Waals surface area contributed by atoms with Crippen LogP contribution in [0.25, 0.3) is 0 Å². The molecular formula is C12H15F3N2O3S. The number of likely N-dealkylation sites (N-methyl/N-ethyl adjacent to an activating group) is 1. The van der Waals surface area contributed by atoms with E-state index >= 15 is 0 Å². The number of halogens is 3. The van der Waals surface area contributed by atoms with Gasteiger partial charge in [0.15, 0.2) is 0 Å². The summed E-state index contributed by atoms with van der Waals surface area (Å²) in [5, 5.41) is 3.06. The minimum atomic E-state index is -4.80. The van der Waals surface area contributed by atoms with Crippen molar-refractivity contribution in [2.24, 2.45) is 0 Å². The Morgan fingerprint density at radius 2 is 1.90 bits per heavy atom. The third-order valence-electron chi connectivity index (χ3n) is 3.28. The van der Waals surface area contributed by atoms with Crippen molar-refractivity contribution in [3.63, 3.8) is 0 Å². The van der Waals surface area contributed by atoms with E-state index in [4.69, 9.17) is 0 Å². The van der Waals surface area contributed by atoms with Crippen LogP contribution in [0.5, 0.6) is 5.75 Å². The number of hydrogen-bond acceptors (Lipinski definition) is 4. The molecular weight excluding hydrogens is 309 g/mol. The van der Waals surface area contributed by atoms with Crippen molar-refractivity contribution in [1.82, 2.24) is 9.62 Å². The summed E-state index contributed by atoms with van der Waals surface area (Å²) >= 11 is 0. The van der Waals surface area contributed by atoms with Gasteiger partial charge in [-0.3, -0.25) is 0 Å². The molecule has 0 amide bonds. The van der Waals surface area contributed by atoms with Crippen molar-refractivity contribution in [3.8, 4) is 5.75 Å². The molecule has 0 saturated carbocycles. The summed E-state index contributed by atoms with van der Waals surface area (Å²) in [6.45, 7) is 1.30. The lowest BCUT2D eigenvalue weighted by Crippen LogP contribution is -2.38. The summed E-state index contributed by atoms with van der Waals surface area (Å²) in [6, 6.07) is 4.04. The molecule has 1 aromatic carbocycles. The summed E-state index contributed by atoms with van der Waals surface area (Å²) in [5.74, 6) is -0.452. The standard InChI is InChI=1S/C12H15F3N2O3S/c1-17(9-6-7-16-8-9)21(18,19)11-4-2-10(3-5-11)20-12(13,14)15/h2-5,9,16H,6-8H2,1H3.